The average Bonchev–Trinajstić information content (AvgIpc) is 2.81. The van der Waals surface area contributed by atoms with Gasteiger partial charge in [-0.05, 0) is 42.3 Å². The minimum atomic E-state index is -1.25. The molecule has 0 fully saturated rings. The fourth-order valence-corrected chi connectivity index (χ4v) is 5.65. The summed E-state index contributed by atoms with van der Waals surface area (Å²) in [4.78, 5) is 41.7. The van der Waals surface area contributed by atoms with E-state index in [0.717, 1.165) is 12.1 Å². The molecule has 0 heterocycles. The summed E-state index contributed by atoms with van der Waals surface area (Å²) >= 11 is 6.27. The first-order valence-corrected chi connectivity index (χ1v) is 11.6. The Hall–Kier alpha value is -4.30. The number of hydrogen-bond acceptors (Lipinski definition) is 8. The number of aryl methyl sites for hydroxylation is 1. The minimum Gasteiger partial charge on any atom is -0.508 e. The van der Waals surface area contributed by atoms with Gasteiger partial charge in [-0.25, -0.2) is 0 Å². The van der Waals surface area contributed by atoms with Gasteiger partial charge in [0.05, 0.1) is 18.2 Å². The highest BCUT2D eigenvalue weighted by Gasteiger charge is 2.50. The summed E-state index contributed by atoms with van der Waals surface area (Å²) in [5, 5.41) is 41.2. The van der Waals surface area contributed by atoms with E-state index in [2.05, 4.69) is 0 Å². The molecule has 0 atom stereocenters. The number of phenols is 4. The number of benzene rings is 3. The van der Waals surface area contributed by atoms with Crippen LogP contribution in [0.25, 0.3) is 11.1 Å². The second kappa shape index (κ2) is 7.85. The lowest BCUT2D eigenvalue weighted by molar-refractivity contribution is 0.0909. The lowest BCUT2D eigenvalue weighted by Gasteiger charge is -2.38. The van der Waals surface area contributed by atoms with Crippen LogP contribution >= 0.6 is 11.6 Å². The average molecular weight is 521 g/mol. The van der Waals surface area contributed by atoms with Crippen LogP contribution in [0.15, 0.2) is 41.5 Å². The summed E-state index contributed by atoms with van der Waals surface area (Å²) in [5.41, 5.74) is -1.23. The Balaban J connectivity index is 1.87. The van der Waals surface area contributed by atoms with Crippen molar-refractivity contribution in [3.05, 3.63) is 74.3 Å². The fraction of sp³-hybridized carbons (Fsp3) is 0.179. The van der Waals surface area contributed by atoms with E-state index in [9.17, 15) is 34.8 Å². The number of ether oxygens (including phenoxy) is 1. The maximum atomic E-state index is 14.1. The van der Waals surface area contributed by atoms with Crippen molar-refractivity contribution in [2.45, 2.75) is 26.2 Å². The van der Waals surface area contributed by atoms with Gasteiger partial charge < -0.3 is 25.2 Å². The Morgan fingerprint density at radius 3 is 2.00 bits per heavy atom. The number of carbonyl (C=O) groups is 3. The Kier molecular flexibility index (Phi) is 5.17. The van der Waals surface area contributed by atoms with E-state index in [1.54, 1.807) is 20.8 Å². The first kappa shape index (κ1) is 24.4. The van der Waals surface area contributed by atoms with Crippen LogP contribution in [0.2, 0.25) is 5.02 Å². The number of Topliss-reactive ketones (excluding diaryl/α,β-unsaturated/α-hetero) is 3. The summed E-state index contributed by atoms with van der Waals surface area (Å²) in [7, 11) is 1.31. The van der Waals surface area contributed by atoms with Crippen LogP contribution in [0.1, 0.15) is 56.0 Å². The molecule has 0 radical (unpaired) electrons. The SMILES string of the molecule is COc1c(Cl)c(O)cc(C)c1-c1cc(O)cc2c1C(=O)C1=C(C2=O)C(C)(C)c2cc(O)cc(O)c2C1=O. The molecule has 37 heavy (non-hydrogen) atoms. The van der Waals surface area contributed by atoms with Crippen LogP contribution in [0.3, 0.4) is 0 Å². The van der Waals surface area contributed by atoms with Crippen LogP contribution in [0, 0.1) is 6.92 Å². The van der Waals surface area contributed by atoms with Gasteiger partial charge in [-0.3, -0.25) is 14.4 Å². The normalized spacial score (nSPS) is 15.9. The Labute approximate surface area is 216 Å². The molecule has 4 N–H and O–H groups in total. The van der Waals surface area contributed by atoms with Gasteiger partial charge in [0.1, 0.15) is 33.8 Å². The number of allylic oxidation sites excluding steroid dienone is 2. The molecule has 3 aromatic carbocycles. The van der Waals surface area contributed by atoms with Crippen molar-refractivity contribution in [1.29, 1.82) is 0 Å². The molecule has 2 aliphatic rings. The third kappa shape index (κ3) is 3.18. The zero-order valence-electron chi connectivity index (χ0n) is 20.2. The standard InChI is InChI=1S/C28H21ClO8/c1-10-5-17(33)23(29)27(37-4)18(10)13-6-11(30)7-14-19(13)25(35)21-22(24(14)34)28(2,3)15-8-12(31)9-16(32)20(15)26(21)36/h5-9,30-33H,1-4H3. The highest BCUT2D eigenvalue weighted by atomic mass is 35.5. The molecule has 0 aromatic heterocycles. The Morgan fingerprint density at radius 1 is 0.757 bits per heavy atom. The number of halogens is 1. The predicted octanol–water partition coefficient (Wildman–Crippen LogP) is 5.00. The van der Waals surface area contributed by atoms with Crippen molar-refractivity contribution in [2.24, 2.45) is 0 Å². The van der Waals surface area contributed by atoms with Gasteiger partial charge in [0.15, 0.2) is 11.6 Å². The molecule has 0 unspecified atom stereocenters. The first-order valence-electron chi connectivity index (χ1n) is 11.2. The minimum absolute atomic E-state index is 0.0146. The maximum absolute atomic E-state index is 14.1. The van der Waals surface area contributed by atoms with Crippen LogP contribution in [-0.2, 0) is 5.41 Å². The van der Waals surface area contributed by atoms with Crippen molar-refractivity contribution in [1.82, 2.24) is 0 Å². The van der Waals surface area contributed by atoms with E-state index in [-0.39, 0.29) is 67.0 Å². The number of aromatic hydroxyl groups is 4. The Bertz CT molecular complexity index is 1640. The van der Waals surface area contributed by atoms with Gasteiger partial charge in [0, 0.05) is 39.3 Å². The number of carbonyl (C=O) groups excluding carboxylic acids is 3. The molecular formula is C28H21ClO8. The van der Waals surface area contributed by atoms with Crippen molar-refractivity contribution in [3.63, 3.8) is 0 Å². The van der Waals surface area contributed by atoms with Crippen LogP contribution in [-0.4, -0.2) is 44.9 Å². The molecule has 0 spiro atoms. The lowest BCUT2D eigenvalue weighted by Crippen LogP contribution is -2.40. The summed E-state index contributed by atoms with van der Waals surface area (Å²) in [6, 6.07) is 6.05. The van der Waals surface area contributed by atoms with E-state index >= 15 is 0 Å². The van der Waals surface area contributed by atoms with E-state index in [0.29, 0.717) is 5.56 Å². The summed E-state index contributed by atoms with van der Waals surface area (Å²) in [6.07, 6.45) is 0. The summed E-state index contributed by atoms with van der Waals surface area (Å²) in [5.74, 6) is -3.67. The van der Waals surface area contributed by atoms with Crippen LogP contribution in [0.4, 0.5) is 0 Å². The number of hydrogen-bond donors (Lipinski definition) is 4. The van der Waals surface area contributed by atoms with E-state index in [1.165, 1.54) is 25.3 Å². The molecule has 0 aliphatic heterocycles. The van der Waals surface area contributed by atoms with Gasteiger partial charge >= 0.3 is 0 Å². The highest BCUT2D eigenvalue weighted by Crippen LogP contribution is 2.52. The van der Waals surface area contributed by atoms with Crippen LogP contribution < -0.4 is 4.74 Å². The lowest BCUT2D eigenvalue weighted by atomic mass is 9.62. The Morgan fingerprint density at radius 2 is 1.35 bits per heavy atom. The molecule has 3 aromatic rings. The fourth-order valence-electron chi connectivity index (χ4n) is 5.42. The maximum Gasteiger partial charge on any atom is 0.201 e. The molecule has 9 heteroatoms. The number of phenolic OH excluding ortho intramolecular Hbond substituents is 4. The van der Waals surface area contributed by atoms with Gasteiger partial charge in [-0.2, -0.15) is 0 Å². The molecule has 0 amide bonds. The van der Waals surface area contributed by atoms with Crippen molar-refractivity contribution < 1.29 is 39.5 Å². The first-order chi connectivity index (χ1) is 17.3. The van der Waals surface area contributed by atoms with Crippen LogP contribution in [0.5, 0.6) is 28.7 Å². The number of ketones is 3. The topological polar surface area (TPSA) is 141 Å². The number of methoxy groups -OCH3 is 1. The molecule has 5 rings (SSSR count). The van der Waals surface area contributed by atoms with Crippen molar-refractivity contribution >= 4 is 29.0 Å². The van der Waals surface area contributed by atoms with Gasteiger partial charge in [-0.15, -0.1) is 0 Å². The molecule has 8 nitrogen and oxygen atoms in total. The monoisotopic (exact) mass is 520 g/mol. The summed E-state index contributed by atoms with van der Waals surface area (Å²) < 4.78 is 5.41. The zero-order valence-corrected chi connectivity index (χ0v) is 20.9. The smallest absolute Gasteiger partial charge is 0.201 e. The number of fused-ring (bicyclic) bond motifs is 2. The second-order valence-corrected chi connectivity index (χ2v) is 9.98. The van der Waals surface area contributed by atoms with E-state index < -0.39 is 34.1 Å². The zero-order chi connectivity index (χ0) is 27.1. The third-order valence-electron chi connectivity index (χ3n) is 7.03. The van der Waals surface area contributed by atoms with Gasteiger partial charge in [-0.1, -0.05) is 25.4 Å². The quantitative estimate of drug-likeness (QED) is 0.346. The van der Waals surface area contributed by atoms with E-state index in [1.807, 2.05) is 0 Å². The van der Waals surface area contributed by atoms with E-state index in [4.69, 9.17) is 16.3 Å². The predicted molar refractivity (Wildman–Crippen MR) is 134 cm³/mol. The largest absolute Gasteiger partial charge is 0.508 e. The molecule has 2 aliphatic carbocycles. The molecule has 0 saturated heterocycles. The summed E-state index contributed by atoms with van der Waals surface area (Å²) in [6.45, 7) is 4.85. The molecular weight excluding hydrogens is 500 g/mol. The number of rotatable bonds is 2. The van der Waals surface area contributed by atoms with Gasteiger partial charge in [0.25, 0.3) is 0 Å². The highest BCUT2D eigenvalue weighted by molar-refractivity contribution is 6.42. The van der Waals surface area contributed by atoms with Crippen molar-refractivity contribution in [3.8, 4) is 39.9 Å². The molecule has 0 saturated carbocycles. The van der Waals surface area contributed by atoms with Gasteiger partial charge in [0.2, 0.25) is 5.78 Å². The molecule has 188 valence electrons. The molecule has 0 bridgehead atoms. The third-order valence-corrected chi connectivity index (χ3v) is 7.39. The second-order valence-electron chi connectivity index (χ2n) is 9.60. The van der Waals surface area contributed by atoms with Crippen molar-refractivity contribution in [2.75, 3.05) is 7.11 Å².